The van der Waals surface area contributed by atoms with Gasteiger partial charge in [-0.1, -0.05) is 26.0 Å². The summed E-state index contributed by atoms with van der Waals surface area (Å²) in [5.74, 6) is 1.37. The lowest BCUT2D eigenvalue weighted by Gasteiger charge is -2.13. The Kier molecular flexibility index (Phi) is 5.53. The van der Waals surface area contributed by atoms with Gasteiger partial charge in [-0.15, -0.1) is 0 Å². The molecule has 3 nitrogen and oxygen atoms in total. The van der Waals surface area contributed by atoms with E-state index in [0.717, 1.165) is 12.2 Å². The summed E-state index contributed by atoms with van der Waals surface area (Å²) in [5.41, 5.74) is 1.32. The van der Waals surface area contributed by atoms with E-state index in [2.05, 4.69) is 26.0 Å². The second-order valence-corrected chi connectivity index (χ2v) is 4.23. The van der Waals surface area contributed by atoms with Crippen LogP contribution < -0.4 is 4.74 Å². The molecule has 0 amide bonds. The molecule has 0 aliphatic rings. The molecule has 0 aromatic heterocycles. The zero-order chi connectivity index (χ0) is 12.7. The zero-order valence-corrected chi connectivity index (χ0v) is 10.7. The number of rotatable bonds is 7. The Morgan fingerprint density at radius 2 is 1.88 bits per heavy atom. The van der Waals surface area contributed by atoms with E-state index in [-0.39, 0.29) is 6.10 Å². The molecule has 94 valence electrons. The maximum atomic E-state index is 10.1. The normalized spacial score (nSPS) is 13.8. The summed E-state index contributed by atoms with van der Waals surface area (Å²) in [7, 11) is 0. The molecule has 0 heterocycles. The van der Waals surface area contributed by atoms with Crippen LogP contribution in [-0.4, -0.2) is 19.2 Å². The average molecular weight is 236 g/mol. The van der Waals surface area contributed by atoms with Crippen LogP contribution in [-0.2, 0) is 9.53 Å². The highest BCUT2D eigenvalue weighted by Gasteiger charge is 2.05. The largest absolute Gasteiger partial charge is 0.490 e. The third kappa shape index (κ3) is 4.47. The molecule has 0 spiro atoms. The lowest BCUT2D eigenvalue weighted by molar-refractivity contribution is -0.134. The molecule has 0 bridgehead atoms. The van der Waals surface area contributed by atoms with Crippen LogP contribution in [0.25, 0.3) is 0 Å². The third-order valence-corrected chi connectivity index (χ3v) is 2.83. The molecule has 3 heteroatoms. The topological polar surface area (TPSA) is 35.5 Å². The summed E-state index contributed by atoms with van der Waals surface area (Å²) in [5, 5.41) is 0. The lowest BCUT2D eigenvalue weighted by Crippen LogP contribution is -2.17. The predicted octanol–water partition coefficient (Wildman–Crippen LogP) is 3.14. The second kappa shape index (κ2) is 6.94. The molecule has 0 saturated carbocycles. The van der Waals surface area contributed by atoms with E-state index in [1.54, 1.807) is 6.92 Å². The van der Waals surface area contributed by atoms with Crippen molar-refractivity contribution in [3.63, 3.8) is 0 Å². The quantitative estimate of drug-likeness (QED) is 0.682. The van der Waals surface area contributed by atoms with Gasteiger partial charge >= 0.3 is 0 Å². The molecule has 17 heavy (non-hydrogen) atoms. The van der Waals surface area contributed by atoms with Crippen molar-refractivity contribution in [2.24, 2.45) is 0 Å². The fourth-order valence-electron chi connectivity index (χ4n) is 1.48. The number of hydrogen-bond donors (Lipinski definition) is 0. The Labute approximate surface area is 103 Å². The molecule has 1 aromatic rings. The SMILES string of the molecule is CC[C@H](C)c1ccc(OC[C@@H](C)OC=O)cc1. The Bertz CT molecular complexity index is 332. The van der Waals surface area contributed by atoms with Crippen molar-refractivity contribution in [3.8, 4) is 5.75 Å². The fourth-order valence-corrected chi connectivity index (χ4v) is 1.48. The monoisotopic (exact) mass is 236 g/mol. The first kappa shape index (κ1) is 13.6. The van der Waals surface area contributed by atoms with Crippen molar-refractivity contribution >= 4 is 6.47 Å². The van der Waals surface area contributed by atoms with E-state index >= 15 is 0 Å². The van der Waals surface area contributed by atoms with Gasteiger partial charge in [-0.3, -0.25) is 4.79 Å². The van der Waals surface area contributed by atoms with E-state index in [4.69, 9.17) is 9.47 Å². The van der Waals surface area contributed by atoms with Crippen LogP contribution in [0, 0.1) is 0 Å². The summed E-state index contributed by atoms with van der Waals surface area (Å²) in [4.78, 5) is 10.1. The van der Waals surface area contributed by atoms with Crippen molar-refractivity contribution in [1.82, 2.24) is 0 Å². The number of carbonyl (C=O) groups excluding carboxylic acids is 1. The van der Waals surface area contributed by atoms with Crippen molar-refractivity contribution < 1.29 is 14.3 Å². The van der Waals surface area contributed by atoms with Crippen LogP contribution in [0.3, 0.4) is 0 Å². The van der Waals surface area contributed by atoms with Gasteiger partial charge in [0.15, 0.2) is 0 Å². The molecule has 0 unspecified atom stereocenters. The van der Waals surface area contributed by atoms with Gasteiger partial charge in [0.1, 0.15) is 18.5 Å². The highest BCUT2D eigenvalue weighted by atomic mass is 16.6. The smallest absolute Gasteiger partial charge is 0.293 e. The Hall–Kier alpha value is -1.51. The van der Waals surface area contributed by atoms with Gasteiger partial charge in [0, 0.05) is 0 Å². The summed E-state index contributed by atoms with van der Waals surface area (Å²) < 4.78 is 10.2. The molecule has 0 saturated heterocycles. The van der Waals surface area contributed by atoms with Crippen molar-refractivity contribution in [3.05, 3.63) is 29.8 Å². The van der Waals surface area contributed by atoms with E-state index in [1.807, 2.05) is 12.1 Å². The Balaban J connectivity index is 2.48. The summed E-state index contributed by atoms with van der Waals surface area (Å²) in [6, 6.07) is 8.06. The number of benzene rings is 1. The molecular formula is C14H20O3. The molecule has 0 radical (unpaired) electrons. The van der Waals surface area contributed by atoms with E-state index in [0.29, 0.717) is 19.0 Å². The summed E-state index contributed by atoms with van der Waals surface area (Å²) in [6.07, 6.45) is 0.909. The van der Waals surface area contributed by atoms with E-state index in [9.17, 15) is 4.79 Å². The lowest BCUT2D eigenvalue weighted by atomic mass is 9.99. The van der Waals surface area contributed by atoms with E-state index < -0.39 is 0 Å². The second-order valence-electron chi connectivity index (χ2n) is 4.23. The summed E-state index contributed by atoms with van der Waals surface area (Å²) in [6.45, 7) is 6.99. The van der Waals surface area contributed by atoms with Gasteiger partial charge in [-0.25, -0.2) is 0 Å². The van der Waals surface area contributed by atoms with Crippen LogP contribution in [0.2, 0.25) is 0 Å². The van der Waals surface area contributed by atoms with Crippen LogP contribution in [0.1, 0.15) is 38.7 Å². The van der Waals surface area contributed by atoms with Crippen molar-refractivity contribution in [2.75, 3.05) is 6.61 Å². The minimum Gasteiger partial charge on any atom is -0.490 e. The number of carbonyl (C=O) groups is 1. The van der Waals surface area contributed by atoms with E-state index in [1.165, 1.54) is 5.56 Å². The van der Waals surface area contributed by atoms with Crippen LogP contribution in [0.4, 0.5) is 0 Å². The highest BCUT2D eigenvalue weighted by Crippen LogP contribution is 2.21. The minimum absolute atomic E-state index is 0.221. The van der Waals surface area contributed by atoms with Crippen molar-refractivity contribution in [1.29, 1.82) is 0 Å². The Morgan fingerprint density at radius 3 is 2.41 bits per heavy atom. The van der Waals surface area contributed by atoms with Gasteiger partial charge in [0.25, 0.3) is 6.47 Å². The molecule has 0 fully saturated rings. The van der Waals surface area contributed by atoms with Gasteiger partial charge in [0.05, 0.1) is 0 Å². The van der Waals surface area contributed by atoms with Gasteiger partial charge in [0.2, 0.25) is 0 Å². The molecular weight excluding hydrogens is 216 g/mol. The van der Waals surface area contributed by atoms with Gasteiger partial charge in [-0.05, 0) is 37.0 Å². The standard InChI is InChI=1S/C14H20O3/c1-4-11(2)13-5-7-14(8-6-13)16-9-12(3)17-10-15/h5-8,10-12H,4,9H2,1-3H3/t11-,12+/m0/s1. The third-order valence-electron chi connectivity index (χ3n) is 2.83. The summed E-state index contributed by atoms with van der Waals surface area (Å²) >= 11 is 0. The molecule has 0 aliphatic carbocycles. The number of ether oxygens (including phenoxy) is 2. The molecule has 1 aromatic carbocycles. The Morgan fingerprint density at radius 1 is 1.24 bits per heavy atom. The van der Waals surface area contributed by atoms with Crippen LogP contribution in [0.5, 0.6) is 5.75 Å². The van der Waals surface area contributed by atoms with Gasteiger partial charge in [-0.2, -0.15) is 0 Å². The van der Waals surface area contributed by atoms with Crippen LogP contribution in [0.15, 0.2) is 24.3 Å². The van der Waals surface area contributed by atoms with Crippen molar-refractivity contribution in [2.45, 2.75) is 39.2 Å². The molecule has 1 rings (SSSR count). The zero-order valence-electron chi connectivity index (χ0n) is 10.7. The van der Waals surface area contributed by atoms with Gasteiger partial charge < -0.3 is 9.47 Å². The average Bonchev–Trinajstić information content (AvgIpc) is 2.36. The molecule has 0 N–H and O–H groups in total. The minimum atomic E-state index is -0.221. The maximum Gasteiger partial charge on any atom is 0.293 e. The number of hydrogen-bond acceptors (Lipinski definition) is 3. The fraction of sp³-hybridized carbons (Fsp3) is 0.500. The first-order chi connectivity index (χ1) is 8.17. The molecule has 2 atom stereocenters. The highest BCUT2D eigenvalue weighted by molar-refractivity contribution is 5.37. The first-order valence-electron chi connectivity index (χ1n) is 5.99. The van der Waals surface area contributed by atoms with Crippen LogP contribution >= 0.6 is 0 Å². The first-order valence-corrected chi connectivity index (χ1v) is 5.99. The maximum absolute atomic E-state index is 10.1. The molecule has 0 aliphatic heterocycles. The predicted molar refractivity (Wildman–Crippen MR) is 67.3 cm³/mol.